The van der Waals surface area contributed by atoms with E-state index in [1.807, 2.05) is 31.1 Å². The number of allylic oxidation sites excluding steroid dienone is 1. The smallest absolute Gasteiger partial charge is 0.311 e. The van der Waals surface area contributed by atoms with Crippen molar-refractivity contribution in [3.05, 3.63) is 76.1 Å². The molecule has 0 saturated heterocycles. The largest absolute Gasteiger partial charge is 0.450 e. The van der Waals surface area contributed by atoms with Crippen LogP contribution in [-0.2, 0) is 13.0 Å². The van der Waals surface area contributed by atoms with E-state index in [9.17, 15) is 14.5 Å². The molecule has 2 aromatic carbocycles. The molecule has 0 aliphatic carbocycles. The summed E-state index contributed by atoms with van der Waals surface area (Å²) in [6.07, 6.45) is -0.00625. The predicted octanol–water partition coefficient (Wildman–Crippen LogP) is 4.47. The van der Waals surface area contributed by atoms with E-state index >= 15 is 0 Å². The van der Waals surface area contributed by atoms with Crippen LogP contribution in [0, 0.1) is 10.1 Å². The summed E-state index contributed by atoms with van der Waals surface area (Å²) in [6, 6.07) is 11.6. The maximum Gasteiger partial charge on any atom is 0.311 e. The molecular weight excluding hydrogens is 311 g/mol. The van der Waals surface area contributed by atoms with Gasteiger partial charge in [0.15, 0.2) is 0 Å². The zero-order valence-electron chi connectivity index (χ0n) is 13.7. The summed E-state index contributed by atoms with van der Waals surface area (Å²) in [7, 11) is 3.85. The van der Waals surface area contributed by atoms with Gasteiger partial charge in [-0.05, 0) is 31.8 Å². The molecule has 5 nitrogen and oxygen atoms in total. The van der Waals surface area contributed by atoms with Crippen LogP contribution in [0.4, 0.5) is 10.1 Å². The van der Waals surface area contributed by atoms with Crippen LogP contribution in [0.5, 0.6) is 11.5 Å². The minimum Gasteiger partial charge on any atom is -0.450 e. The van der Waals surface area contributed by atoms with Crippen molar-refractivity contribution in [1.82, 2.24) is 4.90 Å². The second-order valence-electron chi connectivity index (χ2n) is 5.70. The van der Waals surface area contributed by atoms with Crippen LogP contribution in [0.1, 0.15) is 11.1 Å². The normalized spacial score (nSPS) is 10.7. The van der Waals surface area contributed by atoms with Gasteiger partial charge in [0.1, 0.15) is 5.75 Å². The number of rotatable bonds is 7. The second kappa shape index (κ2) is 7.70. The molecule has 0 unspecified atom stereocenters. The van der Waals surface area contributed by atoms with Crippen molar-refractivity contribution in [1.29, 1.82) is 0 Å². The average molecular weight is 330 g/mol. The molecule has 0 aliphatic rings. The van der Waals surface area contributed by atoms with Gasteiger partial charge in [-0.1, -0.05) is 30.8 Å². The Balaban J connectivity index is 2.40. The van der Waals surface area contributed by atoms with Gasteiger partial charge in [-0.15, -0.1) is 0 Å². The van der Waals surface area contributed by atoms with E-state index in [1.54, 1.807) is 12.1 Å². The highest BCUT2D eigenvalue weighted by Gasteiger charge is 2.18. The summed E-state index contributed by atoms with van der Waals surface area (Å²) < 4.78 is 18.8. The Morgan fingerprint density at radius 1 is 1.25 bits per heavy atom. The summed E-state index contributed by atoms with van der Waals surface area (Å²) in [5.41, 5.74) is 1.30. The van der Waals surface area contributed by atoms with Crippen molar-refractivity contribution in [2.75, 3.05) is 14.1 Å². The Morgan fingerprint density at radius 3 is 2.58 bits per heavy atom. The first-order valence-corrected chi connectivity index (χ1v) is 7.38. The fourth-order valence-corrected chi connectivity index (χ4v) is 2.32. The monoisotopic (exact) mass is 330 g/mol. The van der Waals surface area contributed by atoms with Gasteiger partial charge in [-0.3, -0.25) is 10.1 Å². The lowest BCUT2D eigenvalue weighted by molar-refractivity contribution is -0.385. The van der Waals surface area contributed by atoms with Crippen LogP contribution in [-0.4, -0.2) is 23.9 Å². The highest BCUT2D eigenvalue weighted by molar-refractivity contribution is 5.51. The Morgan fingerprint density at radius 2 is 1.96 bits per heavy atom. The Hall–Kier alpha value is -2.73. The van der Waals surface area contributed by atoms with Gasteiger partial charge < -0.3 is 9.64 Å². The lowest BCUT2D eigenvalue weighted by Gasteiger charge is -2.15. The minimum atomic E-state index is -0.516. The van der Waals surface area contributed by atoms with Gasteiger partial charge >= 0.3 is 5.69 Å². The number of benzene rings is 2. The molecule has 24 heavy (non-hydrogen) atoms. The van der Waals surface area contributed by atoms with Crippen molar-refractivity contribution in [2.45, 2.75) is 13.0 Å². The van der Waals surface area contributed by atoms with Gasteiger partial charge in [0.05, 0.1) is 10.8 Å². The molecule has 0 atom stereocenters. The number of ether oxygens (including phenoxy) is 1. The first-order chi connectivity index (χ1) is 11.4. The highest BCUT2D eigenvalue weighted by Crippen LogP contribution is 2.34. The standard InChI is InChI=1S/C18H19FN2O3/c1-13(19)10-14-8-9-16(21(22)23)18(11-14)24-17-7-5-4-6-15(17)12-20(2)3/h4-9,11H,1,10,12H2,2-3H3. The van der Waals surface area contributed by atoms with E-state index in [-0.39, 0.29) is 17.9 Å². The van der Waals surface area contributed by atoms with Crippen LogP contribution in [0.15, 0.2) is 54.9 Å². The summed E-state index contributed by atoms with van der Waals surface area (Å²) in [4.78, 5) is 12.7. The molecule has 0 N–H and O–H groups in total. The fraction of sp³-hybridized carbons (Fsp3) is 0.222. The summed E-state index contributed by atoms with van der Waals surface area (Å²) in [5.74, 6) is 0.110. The van der Waals surface area contributed by atoms with Crippen molar-refractivity contribution in [2.24, 2.45) is 0 Å². The van der Waals surface area contributed by atoms with E-state index in [0.29, 0.717) is 17.9 Å². The van der Waals surface area contributed by atoms with Gasteiger partial charge in [0.25, 0.3) is 0 Å². The molecule has 0 heterocycles. The number of hydrogen-bond acceptors (Lipinski definition) is 4. The molecule has 0 aromatic heterocycles. The molecule has 126 valence electrons. The van der Waals surface area contributed by atoms with Gasteiger partial charge in [0, 0.05) is 24.6 Å². The third kappa shape index (κ3) is 4.63. The van der Waals surface area contributed by atoms with E-state index in [1.165, 1.54) is 18.2 Å². The number of hydrogen-bond donors (Lipinski definition) is 0. The average Bonchev–Trinajstić information content (AvgIpc) is 2.48. The molecule has 2 rings (SSSR count). The number of nitro benzene ring substituents is 1. The summed E-state index contributed by atoms with van der Waals surface area (Å²) in [6.45, 7) is 3.85. The van der Waals surface area contributed by atoms with Gasteiger partial charge in [-0.25, -0.2) is 4.39 Å². The number of nitro groups is 1. The van der Waals surface area contributed by atoms with E-state index < -0.39 is 10.8 Å². The summed E-state index contributed by atoms with van der Waals surface area (Å²) >= 11 is 0. The number of para-hydroxylation sites is 1. The Bertz CT molecular complexity index is 760. The van der Waals surface area contributed by atoms with Crippen LogP contribution in [0.3, 0.4) is 0 Å². The lowest BCUT2D eigenvalue weighted by atomic mass is 10.1. The van der Waals surface area contributed by atoms with E-state index in [4.69, 9.17) is 4.74 Å². The summed E-state index contributed by atoms with van der Waals surface area (Å²) in [5, 5.41) is 11.2. The van der Waals surface area contributed by atoms with E-state index in [2.05, 4.69) is 6.58 Å². The third-order valence-corrected chi connectivity index (χ3v) is 3.30. The zero-order chi connectivity index (χ0) is 17.7. The number of nitrogens with zero attached hydrogens (tertiary/aromatic N) is 2. The molecule has 0 amide bonds. The molecule has 0 bridgehead atoms. The molecule has 0 radical (unpaired) electrons. The van der Waals surface area contributed by atoms with E-state index in [0.717, 1.165) is 5.56 Å². The molecule has 6 heteroatoms. The maximum atomic E-state index is 13.0. The van der Waals surface area contributed by atoms with Crippen molar-refractivity contribution in [3.8, 4) is 11.5 Å². The molecule has 0 saturated carbocycles. The maximum absolute atomic E-state index is 13.0. The topological polar surface area (TPSA) is 55.6 Å². The van der Waals surface area contributed by atoms with Crippen LogP contribution in [0.25, 0.3) is 0 Å². The van der Waals surface area contributed by atoms with Crippen LogP contribution < -0.4 is 4.74 Å². The molecule has 0 fully saturated rings. The highest BCUT2D eigenvalue weighted by atomic mass is 19.1. The van der Waals surface area contributed by atoms with Crippen LogP contribution >= 0.6 is 0 Å². The van der Waals surface area contributed by atoms with Crippen molar-refractivity contribution in [3.63, 3.8) is 0 Å². The molecule has 0 aliphatic heterocycles. The molecular formula is C18H19FN2O3. The Labute approximate surface area is 140 Å². The van der Waals surface area contributed by atoms with Crippen molar-refractivity contribution >= 4 is 5.69 Å². The fourth-order valence-electron chi connectivity index (χ4n) is 2.32. The lowest BCUT2D eigenvalue weighted by Crippen LogP contribution is -2.11. The Kier molecular flexibility index (Phi) is 5.65. The van der Waals surface area contributed by atoms with Gasteiger partial charge in [0.2, 0.25) is 5.75 Å². The minimum absolute atomic E-state index is 0.00625. The van der Waals surface area contributed by atoms with Gasteiger partial charge in [-0.2, -0.15) is 0 Å². The third-order valence-electron chi connectivity index (χ3n) is 3.30. The predicted molar refractivity (Wildman–Crippen MR) is 91.0 cm³/mol. The quantitative estimate of drug-likeness (QED) is 0.555. The number of halogens is 1. The van der Waals surface area contributed by atoms with Crippen molar-refractivity contribution < 1.29 is 14.1 Å². The van der Waals surface area contributed by atoms with Crippen LogP contribution in [0.2, 0.25) is 0 Å². The SMILES string of the molecule is C=C(F)Cc1ccc([N+](=O)[O-])c(Oc2ccccc2CN(C)C)c1. The molecule has 2 aromatic rings. The first-order valence-electron chi connectivity index (χ1n) is 7.38. The first kappa shape index (κ1) is 17.6. The zero-order valence-corrected chi connectivity index (χ0v) is 13.7. The molecule has 0 spiro atoms. The second-order valence-corrected chi connectivity index (χ2v) is 5.70.